The van der Waals surface area contributed by atoms with Gasteiger partial charge in [0.2, 0.25) is 29.6 Å². The number of carbonyl (C=O) groups excluding carboxylic acids is 5. The van der Waals surface area contributed by atoms with Crippen LogP contribution in [0.15, 0.2) is 35.3 Å². The van der Waals surface area contributed by atoms with E-state index in [1.165, 1.54) is 37.1 Å². The molecule has 0 spiro atoms. The van der Waals surface area contributed by atoms with E-state index < -0.39 is 65.4 Å². The third-order valence-electron chi connectivity index (χ3n) is 7.73. The van der Waals surface area contributed by atoms with Gasteiger partial charge in [0, 0.05) is 49.9 Å². The number of nitrogens with two attached hydrogens (primary N) is 1. The zero-order chi connectivity index (χ0) is 37.9. The van der Waals surface area contributed by atoms with Crippen molar-refractivity contribution in [1.29, 1.82) is 0 Å². The predicted octanol–water partition coefficient (Wildman–Crippen LogP) is -1.17. The largest absolute Gasteiger partial charge is 0.481 e. The van der Waals surface area contributed by atoms with Crippen molar-refractivity contribution in [3.63, 3.8) is 0 Å². The molecule has 1 aliphatic heterocycles. The second-order valence-electron chi connectivity index (χ2n) is 11.5. The average Bonchev–Trinajstić information content (AvgIpc) is 3.35. The SMILES string of the molecule is CN1C(=O)CC(SCCNC(=O)[C@H](CCC(=O)O)NC(=O)CC[C@H](NC(=O)c2ccc(NCc3cnc4nc(N)[nH]c(=O)c4n3)cc2)C(=O)O)C1=O. The molecule has 5 amide bonds. The molecule has 1 aromatic carbocycles. The van der Waals surface area contributed by atoms with Gasteiger partial charge in [-0.25, -0.2) is 14.8 Å². The minimum atomic E-state index is -1.47. The average molecular weight is 741 g/mol. The lowest BCUT2D eigenvalue weighted by Gasteiger charge is -2.19. The molecule has 1 fully saturated rings. The molecule has 1 unspecified atom stereocenters. The number of aliphatic carboxylic acids is 2. The van der Waals surface area contributed by atoms with Crippen LogP contribution < -0.4 is 32.6 Å². The number of nitrogens with one attached hydrogen (secondary N) is 5. The van der Waals surface area contributed by atoms with Crippen LogP contribution in [0.4, 0.5) is 11.6 Å². The molecule has 0 aliphatic carbocycles. The molecule has 9 N–H and O–H groups in total. The number of aromatic amines is 1. The predicted molar refractivity (Wildman–Crippen MR) is 185 cm³/mol. The highest BCUT2D eigenvalue weighted by Gasteiger charge is 2.36. The lowest BCUT2D eigenvalue weighted by molar-refractivity contribution is -0.140. The number of hydrogen-bond donors (Lipinski definition) is 8. The number of aromatic nitrogens is 4. The summed E-state index contributed by atoms with van der Waals surface area (Å²) in [5.41, 5.74) is 6.22. The van der Waals surface area contributed by atoms with Crippen molar-refractivity contribution in [2.24, 2.45) is 0 Å². The van der Waals surface area contributed by atoms with Gasteiger partial charge in [0.05, 0.1) is 23.7 Å². The van der Waals surface area contributed by atoms with E-state index in [9.17, 15) is 43.5 Å². The number of rotatable bonds is 18. The standard InChI is InChI=1S/C31H36N10O10S/c1-41-22(43)12-20(29(41)49)52-11-10-33-27(47)18(7-9-23(44)45)37-21(42)8-6-19(30(50)51)38-26(46)15-2-4-16(5-3-15)34-13-17-14-35-25-24(36-17)28(48)40-31(32)39-25/h2-5,14,18-20,34H,6-13H2,1H3,(H,33,47)(H,37,42)(H,38,46)(H,44,45)(H,50,51)(H3,32,35,39,40,48)/t18-,19-,20?/m0/s1. The highest BCUT2D eigenvalue weighted by atomic mass is 32.2. The summed E-state index contributed by atoms with van der Waals surface area (Å²) in [5.74, 6) is -5.18. The van der Waals surface area contributed by atoms with E-state index in [4.69, 9.17) is 10.8 Å². The maximum Gasteiger partial charge on any atom is 0.326 e. The van der Waals surface area contributed by atoms with Gasteiger partial charge in [0.15, 0.2) is 11.2 Å². The Labute approximate surface area is 298 Å². The molecule has 3 heterocycles. The van der Waals surface area contributed by atoms with Crippen LogP contribution in [0, 0.1) is 0 Å². The van der Waals surface area contributed by atoms with Crippen LogP contribution in [0.2, 0.25) is 0 Å². The van der Waals surface area contributed by atoms with Crippen LogP contribution in [0.3, 0.4) is 0 Å². The number of amides is 5. The number of carboxylic acids is 2. The zero-order valence-corrected chi connectivity index (χ0v) is 28.5. The minimum Gasteiger partial charge on any atom is -0.481 e. The molecule has 0 saturated carbocycles. The van der Waals surface area contributed by atoms with Crippen LogP contribution >= 0.6 is 11.8 Å². The summed E-state index contributed by atoms with van der Waals surface area (Å²) in [6.07, 6.45) is 0.0487. The number of fused-ring (bicyclic) bond motifs is 1. The van der Waals surface area contributed by atoms with Gasteiger partial charge in [-0.2, -0.15) is 4.98 Å². The van der Waals surface area contributed by atoms with Crippen LogP contribution in [-0.2, 0) is 35.3 Å². The van der Waals surface area contributed by atoms with E-state index in [2.05, 4.69) is 41.2 Å². The first kappa shape index (κ1) is 38.7. The molecule has 4 rings (SSSR count). The van der Waals surface area contributed by atoms with Gasteiger partial charge in [0.25, 0.3) is 11.5 Å². The topological polar surface area (TPSA) is 309 Å². The van der Waals surface area contributed by atoms with Crippen molar-refractivity contribution in [1.82, 2.24) is 40.8 Å². The number of hydrogen-bond acceptors (Lipinski definition) is 14. The fraction of sp³-hybridized carbons (Fsp3) is 0.387. The van der Waals surface area contributed by atoms with E-state index in [-0.39, 0.29) is 72.6 Å². The van der Waals surface area contributed by atoms with Crippen LogP contribution in [0.25, 0.3) is 11.2 Å². The molecule has 276 valence electrons. The molecular formula is C31H36N10O10S. The highest BCUT2D eigenvalue weighted by Crippen LogP contribution is 2.23. The molecule has 1 saturated heterocycles. The Kier molecular flexibility index (Phi) is 13.2. The van der Waals surface area contributed by atoms with Gasteiger partial charge in [-0.3, -0.25) is 43.4 Å². The molecule has 2 aromatic heterocycles. The quantitative estimate of drug-likeness (QED) is 0.0562. The smallest absolute Gasteiger partial charge is 0.326 e. The fourth-order valence-electron chi connectivity index (χ4n) is 4.92. The van der Waals surface area contributed by atoms with Gasteiger partial charge in [0.1, 0.15) is 12.1 Å². The number of thioether (sulfide) groups is 1. The summed E-state index contributed by atoms with van der Waals surface area (Å²) in [6, 6.07) is 3.31. The molecule has 20 nitrogen and oxygen atoms in total. The first-order chi connectivity index (χ1) is 24.7. The van der Waals surface area contributed by atoms with Gasteiger partial charge in [-0.05, 0) is 37.1 Å². The van der Waals surface area contributed by atoms with Gasteiger partial charge in [-0.1, -0.05) is 0 Å². The number of carbonyl (C=O) groups is 7. The number of likely N-dealkylation sites (tertiary alicyclic amines) is 1. The molecular weight excluding hydrogens is 704 g/mol. The van der Waals surface area contributed by atoms with Crippen molar-refractivity contribution in [2.45, 2.75) is 56.0 Å². The molecule has 1 aliphatic rings. The first-order valence-corrected chi connectivity index (χ1v) is 16.9. The number of imide groups is 1. The molecule has 0 bridgehead atoms. The Balaban J connectivity index is 1.25. The maximum absolute atomic E-state index is 12.8. The van der Waals surface area contributed by atoms with E-state index in [0.717, 1.165) is 4.90 Å². The van der Waals surface area contributed by atoms with Crippen LogP contribution in [-0.4, -0.2) is 113 Å². The van der Waals surface area contributed by atoms with E-state index in [1.54, 1.807) is 12.1 Å². The Morgan fingerprint density at radius 2 is 1.73 bits per heavy atom. The summed E-state index contributed by atoms with van der Waals surface area (Å²) < 4.78 is 0. The highest BCUT2D eigenvalue weighted by molar-refractivity contribution is 8.00. The Hall–Kier alpha value is -6.12. The molecule has 3 aromatic rings. The Morgan fingerprint density at radius 3 is 2.38 bits per heavy atom. The van der Waals surface area contributed by atoms with Crippen molar-refractivity contribution in [2.75, 3.05) is 30.4 Å². The third-order valence-corrected chi connectivity index (χ3v) is 8.94. The minimum absolute atomic E-state index is 0.0176. The lowest BCUT2D eigenvalue weighted by atomic mass is 10.1. The van der Waals surface area contributed by atoms with Crippen LogP contribution in [0.1, 0.15) is 48.2 Å². The van der Waals surface area contributed by atoms with E-state index in [1.807, 2.05) is 0 Å². The van der Waals surface area contributed by atoms with Crippen molar-refractivity contribution in [3.05, 3.63) is 52.1 Å². The number of benzene rings is 1. The van der Waals surface area contributed by atoms with Gasteiger partial charge < -0.3 is 37.2 Å². The first-order valence-electron chi connectivity index (χ1n) is 15.8. The normalized spacial score (nSPS) is 15.2. The second-order valence-corrected chi connectivity index (χ2v) is 12.8. The maximum atomic E-state index is 12.8. The summed E-state index contributed by atoms with van der Waals surface area (Å²) >= 11 is 1.19. The summed E-state index contributed by atoms with van der Waals surface area (Å²) in [7, 11) is 1.39. The number of H-pyrrole nitrogens is 1. The second kappa shape index (κ2) is 17.7. The van der Waals surface area contributed by atoms with Crippen LogP contribution in [0.5, 0.6) is 0 Å². The molecule has 0 radical (unpaired) electrons. The molecule has 21 heteroatoms. The Morgan fingerprint density at radius 1 is 1.02 bits per heavy atom. The number of carboxylic acid groups (broad SMARTS) is 2. The summed E-state index contributed by atoms with van der Waals surface area (Å²) in [4.78, 5) is 113. The monoisotopic (exact) mass is 740 g/mol. The molecule has 3 atom stereocenters. The molecule has 52 heavy (non-hydrogen) atoms. The van der Waals surface area contributed by atoms with Crippen molar-refractivity contribution in [3.8, 4) is 0 Å². The Bertz CT molecular complexity index is 1920. The number of nitrogen functional groups attached to an aromatic ring is 1. The zero-order valence-electron chi connectivity index (χ0n) is 27.7. The van der Waals surface area contributed by atoms with Gasteiger partial charge in [-0.15, -0.1) is 11.8 Å². The van der Waals surface area contributed by atoms with E-state index >= 15 is 0 Å². The third kappa shape index (κ3) is 10.7. The lowest BCUT2D eigenvalue weighted by Crippen LogP contribution is -2.48. The summed E-state index contributed by atoms with van der Waals surface area (Å²) in [6.45, 7) is 0.244. The van der Waals surface area contributed by atoms with Crippen molar-refractivity contribution < 1.29 is 43.8 Å². The van der Waals surface area contributed by atoms with Crippen molar-refractivity contribution >= 4 is 76.0 Å². The number of anilines is 2. The van der Waals surface area contributed by atoms with E-state index in [0.29, 0.717) is 11.4 Å². The fourth-order valence-corrected chi connectivity index (χ4v) is 5.98. The van der Waals surface area contributed by atoms with Gasteiger partial charge >= 0.3 is 11.9 Å². The summed E-state index contributed by atoms with van der Waals surface area (Å²) in [5, 5.41) is 28.6. The number of nitrogens with zero attached hydrogens (tertiary/aromatic N) is 4.